The molecule has 1 aromatic carbocycles. The van der Waals surface area contributed by atoms with Gasteiger partial charge in [0.15, 0.2) is 0 Å². The van der Waals surface area contributed by atoms with Crippen LogP contribution in [-0.2, 0) is 0 Å². The normalized spacial score (nSPS) is 14.7. The molecule has 130 valence electrons. The third-order valence-corrected chi connectivity index (χ3v) is 3.44. The first-order valence-corrected chi connectivity index (χ1v) is 8.18. The number of ether oxygens (including phenoxy) is 1. The van der Waals surface area contributed by atoms with Crippen LogP contribution in [-0.4, -0.2) is 35.1 Å². The van der Waals surface area contributed by atoms with Gasteiger partial charge in [0.2, 0.25) is 5.95 Å². The molecule has 2 heterocycles. The van der Waals surface area contributed by atoms with Crippen molar-refractivity contribution in [1.82, 2.24) is 15.3 Å². The highest BCUT2D eigenvalue weighted by atomic mass is 16.5. The van der Waals surface area contributed by atoms with Crippen molar-refractivity contribution in [3.8, 4) is 5.75 Å². The molecule has 0 unspecified atom stereocenters. The molecule has 0 radical (unpaired) electrons. The van der Waals surface area contributed by atoms with Crippen molar-refractivity contribution in [2.45, 2.75) is 19.9 Å². The highest BCUT2D eigenvalue weighted by Crippen LogP contribution is 2.23. The predicted molar refractivity (Wildman–Crippen MR) is 97.5 cm³/mol. The number of hydrogen-bond acceptors (Lipinski definition) is 6. The van der Waals surface area contributed by atoms with E-state index in [1.807, 2.05) is 50.3 Å². The Kier molecular flexibility index (Phi) is 5.13. The van der Waals surface area contributed by atoms with E-state index in [0.29, 0.717) is 30.5 Å². The maximum Gasteiger partial charge on any atom is 0.256 e. The molecule has 0 saturated heterocycles. The molecule has 1 aromatic heterocycles. The zero-order chi connectivity index (χ0) is 17.6. The zero-order valence-electron chi connectivity index (χ0n) is 14.2. The summed E-state index contributed by atoms with van der Waals surface area (Å²) >= 11 is 0. The number of nitrogens with zero attached hydrogens (tertiary/aromatic N) is 2. The van der Waals surface area contributed by atoms with Gasteiger partial charge in [-0.05, 0) is 32.1 Å². The lowest BCUT2D eigenvalue weighted by Gasteiger charge is -2.14. The van der Waals surface area contributed by atoms with Crippen LogP contribution in [0, 0.1) is 0 Å². The maximum atomic E-state index is 12.4. The number of aromatic nitrogens is 2. The Hall–Kier alpha value is -3.09. The minimum Gasteiger partial charge on any atom is -0.489 e. The predicted octanol–water partition coefficient (Wildman–Crippen LogP) is 2.72. The van der Waals surface area contributed by atoms with Crippen molar-refractivity contribution in [2.75, 3.05) is 23.8 Å². The molecule has 1 amide bonds. The number of nitrogens with one attached hydrogen (secondary N) is 3. The fraction of sp³-hybridized carbons (Fsp3) is 0.278. The van der Waals surface area contributed by atoms with Gasteiger partial charge in [-0.25, -0.2) is 4.98 Å². The fourth-order valence-electron chi connectivity index (χ4n) is 2.31. The Balaban J connectivity index is 1.99. The Morgan fingerprint density at radius 1 is 1.32 bits per heavy atom. The Morgan fingerprint density at radius 2 is 2.20 bits per heavy atom. The van der Waals surface area contributed by atoms with Gasteiger partial charge in [0.1, 0.15) is 23.7 Å². The van der Waals surface area contributed by atoms with E-state index in [1.165, 1.54) is 6.20 Å². The van der Waals surface area contributed by atoms with E-state index in [9.17, 15) is 4.79 Å². The molecule has 0 fully saturated rings. The quantitative estimate of drug-likeness (QED) is 0.729. The highest BCUT2D eigenvalue weighted by Gasteiger charge is 2.16. The van der Waals surface area contributed by atoms with Gasteiger partial charge < -0.3 is 20.7 Å². The van der Waals surface area contributed by atoms with E-state index in [0.717, 1.165) is 11.4 Å². The van der Waals surface area contributed by atoms with Crippen LogP contribution >= 0.6 is 0 Å². The van der Waals surface area contributed by atoms with Crippen molar-refractivity contribution in [2.24, 2.45) is 0 Å². The molecule has 3 N–H and O–H groups in total. The lowest BCUT2D eigenvalue weighted by molar-refractivity contribution is 0.0943. The molecule has 1 aliphatic heterocycles. The number of anilines is 3. The summed E-state index contributed by atoms with van der Waals surface area (Å²) in [4.78, 5) is 21.1. The summed E-state index contributed by atoms with van der Waals surface area (Å²) in [6, 6.07) is 7.55. The lowest BCUT2D eigenvalue weighted by atomic mass is 10.2. The van der Waals surface area contributed by atoms with Crippen LogP contribution < -0.4 is 20.7 Å². The van der Waals surface area contributed by atoms with Crippen molar-refractivity contribution in [3.05, 3.63) is 48.2 Å². The third kappa shape index (κ3) is 4.47. The molecule has 0 spiro atoms. The summed E-state index contributed by atoms with van der Waals surface area (Å²) in [5.74, 6) is 1.41. The molecule has 2 aromatic rings. The number of benzene rings is 1. The fourth-order valence-corrected chi connectivity index (χ4v) is 2.31. The zero-order valence-corrected chi connectivity index (χ0v) is 14.2. The molecule has 0 aliphatic carbocycles. The van der Waals surface area contributed by atoms with Crippen LogP contribution in [0.4, 0.5) is 17.5 Å². The van der Waals surface area contributed by atoms with E-state index < -0.39 is 0 Å². The second kappa shape index (κ2) is 7.65. The van der Waals surface area contributed by atoms with E-state index in [4.69, 9.17) is 4.74 Å². The topological polar surface area (TPSA) is 88.2 Å². The summed E-state index contributed by atoms with van der Waals surface area (Å²) in [6.45, 7) is 4.86. The number of hydrogen-bond donors (Lipinski definition) is 3. The second-order valence-electron chi connectivity index (χ2n) is 5.90. The van der Waals surface area contributed by atoms with Crippen molar-refractivity contribution < 1.29 is 9.53 Å². The Labute approximate surface area is 146 Å². The molecule has 0 saturated carbocycles. The number of carbonyl (C=O) groups is 1. The summed E-state index contributed by atoms with van der Waals surface area (Å²) in [6.07, 6.45) is 5.40. The third-order valence-electron chi connectivity index (χ3n) is 3.44. The average Bonchev–Trinajstić information content (AvgIpc) is 2.58. The minimum absolute atomic E-state index is 0.0223. The number of fused-ring (bicyclic) bond motifs is 4. The van der Waals surface area contributed by atoms with Gasteiger partial charge in [0.25, 0.3) is 5.91 Å². The van der Waals surface area contributed by atoms with Crippen LogP contribution in [0.1, 0.15) is 24.2 Å². The number of carbonyl (C=O) groups excluding carboxylic acids is 1. The minimum atomic E-state index is -0.222. The van der Waals surface area contributed by atoms with Crippen molar-refractivity contribution >= 4 is 23.4 Å². The molecule has 7 nitrogen and oxygen atoms in total. The molecule has 1 aliphatic rings. The standard InChI is InChI=1S/C18H21N5O2/c1-12(2)21-17(24)15-11-20-18-19-8-3-4-9-25-14-7-5-6-13(10-14)22-16(15)23-18/h3-7,10-12H,8-9H2,1-2H3,(H,21,24)(H2,19,20,22,23)/b4-3-. The van der Waals surface area contributed by atoms with Crippen LogP contribution in [0.3, 0.4) is 0 Å². The van der Waals surface area contributed by atoms with E-state index in [-0.39, 0.29) is 11.9 Å². The molecule has 0 atom stereocenters. The Bertz CT molecular complexity index is 789. The molecule has 25 heavy (non-hydrogen) atoms. The van der Waals surface area contributed by atoms with E-state index >= 15 is 0 Å². The van der Waals surface area contributed by atoms with Crippen LogP contribution in [0.15, 0.2) is 42.6 Å². The van der Waals surface area contributed by atoms with E-state index in [2.05, 4.69) is 25.9 Å². The summed E-state index contributed by atoms with van der Waals surface area (Å²) < 4.78 is 5.68. The first-order chi connectivity index (χ1) is 12.1. The highest BCUT2D eigenvalue weighted by molar-refractivity contribution is 5.99. The monoisotopic (exact) mass is 339 g/mol. The van der Waals surface area contributed by atoms with Crippen molar-refractivity contribution in [1.29, 1.82) is 0 Å². The van der Waals surface area contributed by atoms with Gasteiger partial charge in [-0.1, -0.05) is 12.1 Å². The Morgan fingerprint density at radius 3 is 3.04 bits per heavy atom. The van der Waals surface area contributed by atoms with Crippen LogP contribution in [0.25, 0.3) is 0 Å². The second-order valence-corrected chi connectivity index (χ2v) is 5.90. The summed E-state index contributed by atoms with van der Waals surface area (Å²) in [7, 11) is 0. The molecular weight excluding hydrogens is 318 g/mol. The smallest absolute Gasteiger partial charge is 0.256 e. The van der Waals surface area contributed by atoms with Gasteiger partial charge in [0, 0.05) is 30.5 Å². The summed E-state index contributed by atoms with van der Waals surface area (Å²) in [5, 5.41) is 9.16. The number of rotatable bonds is 2. The molecule has 3 rings (SSSR count). The molecular formula is C18H21N5O2. The first kappa shape index (κ1) is 16.8. The lowest BCUT2D eigenvalue weighted by Crippen LogP contribution is -2.31. The van der Waals surface area contributed by atoms with Crippen molar-refractivity contribution in [3.63, 3.8) is 0 Å². The SMILES string of the molecule is CC(C)NC(=O)c1cnc2nc1Nc1cccc(c1)OC/C=C\CN2. The van der Waals surface area contributed by atoms with Gasteiger partial charge in [-0.3, -0.25) is 4.79 Å². The first-order valence-electron chi connectivity index (χ1n) is 8.18. The van der Waals surface area contributed by atoms with Gasteiger partial charge in [-0.15, -0.1) is 0 Å². The molecule has 4 bridgehead atoms. The largest absolute Gasteiger partial charge is 0.489 e. The van der Waals surface area contributed by atoms with Crippen LogP contribution in [0.2, 0.25) is 0 Å². The van der Waals surface area contributed by atoms with Crippen LogP contribution in [0.5, 0.6) is 5.75 Å². The van der Waals surface area contributed by atoms with Gasteiger partial charge >= 0.3 is 0 Å². The van der Waals surface area contributed by atoms with Gasteiger partial charge in [0.05, 0.1) is 0 Å². The number of amides is 1. The average molecular weight is 339 g/mol. The molecule has 7 heteroatoms. The van der Waals surface area contributed by atoms with Gasteiger partial charge in [-0.2, -0.15) is 4.98 Å². The van der Waals surface area contributed by atoms with E-state index in [1.54, 1.807) is 0 Å². The summed E-state index contributed by atoms with van der Waals surface area (Å²) in [5.41, 5.74) is 1.17. The maximum absolute atomic E-state index is 12.4.